The van der Waals surface area contributed by atoms with Gasteiger partial charge in [0, 0.05) is 30.1 Å². The average Bonchev–Trinajstić information content (AvgIpc) is 2.84. The minimum atomic E-state index is 0.202. The van der Waals surface area contributed by atoms with E-state index in [0.717, 1.165) is 13.1 Å². The van der Waals surface area contributed by atoms with Crippen LogP contribution in [0.25, 0.3) is 11.3 Å². The number of pyridine rings is 1. The highest BCUT2D eigenvalue weighted by Gasteiger charge is 2.51. The second kappa shape index (κ2) is 4.37. The summed E-state index contributed by atoms with van der Waals surface area (Å²) in [6, 6.07) is 11.2. The summed E-state index contributed by atoms with van der Waals surface area (Å²) in [7, 11) is 2.24. The average molecular weight is 307 g/mol. The zero-order valence-corrected chi connectivity index (χ0v) is 15.2. The lowest BCUT2D eigenvalue weighted by molar-refractivity contribution is -0.670. The summed E-state index contributed by atoms with van der Waals surface area (Å²) in [4.78, 5) is 2.60. The smallest absolute Gasteiger partial charge is 0.213 e. The van der Waals surface area contributed by atoms with Crippen molar-refractivity contribution in [2.45, 2.75) is 45.4 Å². The fraction of sp³-hybridized carbons (Fsp3) is 0.476. The summed E-state index contributed by atoms with van der Waals surface area (Å²) in [6.45, 7) is 14.0. The van der Waals surface area contributed by atoms with Gasteiger partial charge in [0.25, 0.3) is 0 Å². The van der Waals surface area contributed by atoms with Crippen molar-refractivity contribution in [3.8, 4) is 11.3 Å². The Kier molecular flexibility index (Phi) is 2.80. The van der Waals surface area contributed by atoms with E-state index in [9.17, 15) is 0 Å². The van der Waals surface area contributed by atoms with Crippen molar-refractivity contribution in [1.82, 2.24) is 0 Å². The molecule has 0 atom stereocenters. The molecule has 2 heteroatoms. The molecule has 0 bridgehead atoms. The van der Waals surface area contributed by atoms with E-state index in [2.05, 4.69) is 81.5 Å². The van der Waals surface area contributed by atoms with E-state index >= 15 is 0 Å². The minimum absolute atomic E-state index is 0.202. The van der Waals surface area contributed by atoms with E-state index in [1.54, 1.807) is 0 Å². The van der Waals surface area contributed by atoms with Crippen LogP contribution in [0.15, 0.2) is 30.3 Å². The van der Waals surface area contributed by atoms with Crippen LogP contribution in [0.1, 0.15) is 44.5 Å². The summed E-state index contributed by atoms with van der Waals surface area (Å²) in [6.07, 6.45) is 0. The number of nitrogens with zero attached hydrogens (tertiary/aromatic N) is 2. The Balaban J connectivity index is 2.08. The Morgan fingerprint density at radius 3 is 2.35 bits per heavy atom. The van der Waals surface area contributed by atoms with E-state index in [0.29, 0.717) is 0 Å². The first kappa shape index (κ1) is 14.7. The molecule has 2 nitrogen and oxygen atoms in total. The van der Waals surface area contributed by atoms with Crippen molar-refractivity contribution in [3.63, 3.8) is 0 Å². The number of rotatable bonds is 1. The summed E-state index contributed by atoms with van der Waals surface area (Å²) < 4.78 is 2.45. The maximum atomic E-state index is 2.60. The third-order valence-electron chi connectivity index (χ3n) is 5.74. The van der Waals surface area contributed by atoms with Gasteiger partial charge in [-0.3, -0.25) is 0 Å². The van der Waals surface area contributed by atoms with Gasteiger partial charge in [-0.2, -0.15) is 4.57 Å². The van der Waals surface area contributed by atoms with Crippen LogP contribution in [0.2, 0.25) is 0 Å². The molecule has 0 N–H and O–H groups in total. The van der Waals surface area contributed by atoms with Crippen LogP contribution in [0.4, 0.5) is 5.69 Å². The Morgan fingerprint density at radius 2 is 1.65 bits per heavy atom. The number of hydrogen-bond donors (Lipinski definition) is 0. The Hall–Kier alpha value is -1.83. The molecule has 1 aromatic heterocycles. The normalized spacial score (nSPS) is 20.0. The summed E-state index contributed by atoms with van der Waals surface area (Å²) in [5.74, 6) is 0. The maximum Gasteiger partial charge on any atom is 0.213 e. The standard InChI is InChI=1S/C21H27N2/c1-14-9-7-8-10-15(14)17-11-16-18-19(22(17)6)21(4,5)13-23(18)12-20(16,2)3/h7-11H,12-13H2,1-6H3/q+1. The number of aryl methyl sites for hydroxylation is 1. The van der Waals surface area contributed by atoms with Gasteiger partial charge in [-0.1, -0.05) is 32.0 Å². The SMILES string of the molecule is Cc1ccccc1-c1cc2c3c([n+]1C)C(C)(C)CN3CC2(C)C. The summed E-state index contributed by atoms with van der Waals surface area (Å²) in [5.41, 5.74) is 9.00. The van der Waals surface area contributed by atoms with Gasteiger partial charge in [0.15, 0.2) is 0 Å². The quantitative estimate of drug-likeness (QED) is 0.725. The van der Waals surface area contributed by atoms with Gasteiger partial charge in [0.05, 0.1) is 5.41 Å². The predicted molar refractivity (Wildman–Crippen MR) is 96.1 cm³/mol. The van der Waals surface area contributed by atoms with Crippen LogP contribution in [0.5, 0.6) is 0 Å². The van der Waals surface area contributed by atoms with Crippen LogP contribution in [0, 0.1) is 6.92 Å². The van der Waals surface area contributed by atoms with Gasteiger partial charge < -0.3 is 4.90 Å². The van der Waals surface area contributed by atoms with Gasteiger partial charge in [0.2, 0.25) is 11.4 Å². The Bertz CT molecular complexity index is 815. The van der Waals surface area contributed by atoms with E-state index < -0.39 is 0 Å². The first-order valence-electron chi connectivity index (χ1n) is 8.61. The van der Waals surface area contributed by atoms with E-state index in [4.69, 9.17) is 0 Å². The van der Waals surface area contributed by atoms with Crippen molar-refractivity contribution < 1.29 is 4.57 Å². The second-order valence-corrected chi connectivity index (χ2v) is 8.64. The highest BCUT2D eigenvalue weighted by molar-refractivity contribution is 5.73. The highest BCUT2D eigenvalue weighted by atomic mass is 15.2. The Labute approximate surface area is 139 Å². The molecule has 0 amide bonds. The molecule has 2 aliphatic rings. The van der Waals surface area contributed by atoms with Crippen LogP contribution < -0.4 is 9.47 Å². The number of benzene rings is 1. The molecular weight excluding hydrogens is 280 g/mol. The minimum Gasteiger partial charge on any atom is -0.364 e. The van der Waals surface area contributed by atoms with Crippen molar-refractivity contribution in [2.75, 3.05) is 18.0 Å². The van der Waals surface area contributed by atoms with Crippen molar-refractivity contribution in [2.24, 2.45) is 7.05 Å². The highest BCUT2D eigenvalue weighted by Crippen LogP contribution is 2.50. The Morgan fingerprint density at radius 1 is 1.00 bits per heavy atom. The molecule has 23 heavy (non-hydrogen) atoms. The summed E-state index contributed by atoms with van der Waals surface area (Å²) >= 11 is 0. The van der Waals surface area contributed by atoms with Gasteiger partial charge >= 0.3 is 0 Å². The topological polar surface area (TPSA) is 7.12 Å². The lowest BCUT2D eigenvalue weighted by Gasteiger charge is -2.25. The van der Waals surface area contributed by atoms with E-state index in [1.165, 1.54) is 33.8 Å². The molecule has 4 rings (SSSR count). The molecular formula is C21H27N2+. The number of aromatic nitrogens is 1. The predicted octanol–water partition coefficient (Wildman–Crippen LogP) is 3.88. The molecule has 0 unspecified atom stereocenters. The van der Waals surface area contributed by atoms with Gasteiger partial charge in [-0.15, -0.1) is 0 Å². The van der Waals surface area contributed by atoms with Gasteiger partial charge in [0.1, 0.15) is 12.7 Å². The zero-order chi connectivity index (χ0) is 16.6. The molecule has 0 saturated carbocycles. The largest absolute Gasteiger partial charge is 0.364 e. The van der Waals surface area contributed by atoms with Crippen LogP contribution >= 0.6 is 0 Å². The molecule has 3 heterocycles. The molecule has 1 aromatic carbocycles. The van der Waals surface area contributed by atoms with Crippen molar-refractivity contribution >= 4 is 5.69 Å². The van der Waals surface area contributed by atoms with Gasteiger partial charge in [-0.05, 0) is 38.0 Å². The lowest BCUT2D eigenvalue weighted by atomic mass is 9.81. The van der Waals surface area contributed by atoms with Crippen LogP contribution in [-0.2, 0) is 17.9 Å². The zero-order valence-electron chi connectivity index (χ0n) is 15.2. The third-order valence-corrected chi connectivity index (χ3v) is 5.74. The third kappa shape index (κ3) is 1.90. The molecule has 2 aromatic rings. The maximum absolute atomic E-state index is 2.60. The van der Waals surface area contributed by atoms with Crippen LogP contribution in [0.3, 0.4) is 0 Å². The van der Waals surface area contributed by atoms with Crippen molar-refractivity contribution in [3.05, 3.63) is 47.2 Å². The fourth-order valence-corrected chi connectivity index (χ4v) is 4.77. The van der Waals surface area contributed by atoms with E-state index in [-0.39, 0.29) is 10.8 Å². The fourth-order valence-electron chi connectivity index (χ4n) is 4.77. The number of anilines is 1. The van der Waals surface area contributed by atoms with E-state index in [1.807, 2.05) is 0 Å². The second-order valence-electron chi connectivity index (χ2n) is 8.64. The molecule has 120 valence electrons. The summed E-state index contributed by atoms with van der Waals surface area (Å²) in [5, 5.41) is 0. The first-order chi connectivity index (χ1) is 10.7. The molecule has 0 radical (unpaired) electrons. The monoisotopic (exact) mass is 307 g/mol. The molecule has 0 spiro atoms. The molecule has 0 saturated heterocycles. The molecule has 0 aliphatic carbocycles. The van der Waals surface area contributed by atoms with Crippen LogP contribution in [-0.4, -0.2) is 13.1 Å². The lowest BCUT2D eigenvalue weighted by Crippen LogP contribution is -2.43. The number of hydrogen-bond acceptors (Lipinski definition) is 1. The van der Waals surface area contributed by atoms with Gasteiger partial charge in [-0.25, -0.2) is 0 Å². The molecule has 0 fully saturated rings. The first-order valence-corrected chi connectivity index (χ1v) is 8.61. The van der Waals surface area contributed by atoms with Crippen molar-refractivity contribution in [1.29, 1.82) is 0 Å². The molecule has 2 aliphatic heterocycles.